The van der Waals surface area contributed by atoms with E-state index < -0.39 is 6.36 Å². The molecule has 2 aromatic heterocycles. The standard InChI is InChI=1S/C18H13F3N2O2/c1-12-8-10-22-11-16(12)15-3-2-9-23-17(15)24-13-4-6-14(7-5-13)25-18(19,20)21/h2-11H,1H3. The number of pyridine rings is 2. The van der Waals surface area contributed by atoms with Gasteiger partial charge in [0, 0.05) is 29.7 Å². The van der Waals surface area contributed by atoms with Gasteiger partial charge < -0.3 is 9.47 Å². The number of alkyl halides is 3. The number of benzene rings is 1. The van der Waals surface area contributed by atoms with Crippen molar-refractivity contribution in [3.8, 4) is 28.5 Å². The number of aryl methyl sites for hydroxylation is 1. The van der Waals surface area contributed by atoms with E-state index in [1.807, 2.05) is 19.1 Å². The van der Waals surface area contributed by atoms with E-state index in [0.29, 0.717) is 11.6 Å². The van der Waals surface area contributed by atoms with Gasteiger partial charge in [-0.05, 0) is 55.0 Å². The second kappa shape index (κ2) is 6.80. The number of rotatable bonds is 4. The largest absolute Gasteiger partial charge is 0.573 e. The van der Waals surface area contributed by atoms with Crippen LogP contribution >= 0.6 is 0 Å². The Kier molecular flexibility index (Phi) is 4.56. The van der Waals surface area contributed by atoms with Gasteiger partial charge in [0.05, 0.1) is 0 Å². The Morgan fingerprint density at radius 2 is 1.60 bits per heavy atom. The van der Waals surface area contributed by atoms with Crippen molar-refractivity contribution in [2.75, 3.05) is 0 Å². The first-order valence-electron chi connectivity index (χ1n) is 7.32. The van der Waals surface area contributed by atoms with Crippen LogP contribution in [-0.4, -0.2) is 16.3 Å². The summed E-state index contributed by atoms with van der Waals surface area (Å²) in [7, 11) is 0. The SMILES string of the molecule is Cc1ccncc1-c1cccnc1Oc1ccc(OC(F)(F)F)cc1. The van der Waals surface area contributed by atoms with E-state index in [-0.39, 0.29) is 5.75 Å². The van der Waals surface area contributed by atoms with Crippen LogP contribution in [0.25, 0.3) is 11.1 Å². The van der Waals surface area contributed by atoms with Gasteiger partial charge in [0.1, 0.15) is 11.5 Å². The third-order valence-electron chi connectivity index (χ3n) is 3.37. The van der Waals surface area contributed by atoms with Gasteiger partial charge in [-0.25, -0.2) is 4.98 Å². The van der Waals surface area contributed by atoms with E-state index in [1.54, 1.807) is 24.7 Å². The third-order valence-corrected chi connectivity index (χ3v) is 3.37. The molecule has 2 heterocycles. The van der Waals surface area contributed by atoms with E-state index >= 15 is 0 Å². The highest BCUT2D eigenvalue weighted by atomic mass is 19.4. The van der Waals surface area contributed by atoms with Gasteiger partial charge in [-0.3, -0.25) is 4.98 Å². The molecular formula is C18H13F3N2O2. The van der Waals surface area contributed by atoms with Crippen molar-refractivity contribution in [3.63, 3.8) is 0 Å². The number of aromatic nitrogens is 2. The fourth-order valence-electron chi connectivity index (χ4n) is 2.24. The van der Waals surface area contributed by atoms with Crippen molar-refractivity contribution in [1.29, 1.82) is 0 Å². The van der Waals surface area contributed by atoms with E-state index in [4.69, 9.17) is 4.74 Å². The maximum Gasteiger partial charge on any atom is 0.573 e. The zero-order valence-corrected chi connectivity index (χ0v) is 13.1. The summed E-state index contributed by atoms with van der Waals surface area (Å²) in [4.78, 5) is 8.32. The zero-order valence-electron chi connectivity index (χ0n) is 13.1. The smallest absolute Gasteiger partial charge is 0.438 e. The molecule has 0 amide bonds. The zero-order chi connectivity index (χ0) is 17.9. The highest BCUT2D eigenvalue weighted by Crippen LogP contribution is 2.33. The molecule has 0 aliphatic rings. The van der Waals surface area contributed by atoms with E-state index in [1.165, 1.54) is 24.3 Å². The minimum absolute atomic E-state index is 0.316. The average molecular weight is 346 g/mol. The molecule has 0 saturated heterocycles. The molecule has 0 bridgehead atoms. The second-order valence-electron chi connectivity index (χ2n) is 5.17. The summed E-state index contributed by atoms with van der Waals surface area (Å²) in [6.45, 7) is 1.94. The molecule has 3 rings (SSSR count). The Bertz CT molecular complexity index is 865. The molecule has 0 atom stereocenters. The molecule has 0 aliphatic heterocycles. The van der Waals surface area contributed by atoms with Crippen LogP contribution in [0.4, 0.5) is 13.2 Å². The van der Waals surface area contributed by atoms with Crippen molar-refractivity contribution in [2.24, 2.45) is 0 Å². The molecular weight excluding hydrogens is 333 g/mol. The van der Waals surface area contributed by atoms with Crippen LogP contribution in [0.3, 0.4) is 0 Å². The Hall–Kier alpha value is -3.09. The van der Waals surface area contributed by atoms with Gasteiger partial charge in [-0.15, -0.1) is 13.2 Å². The molecule has 0 N–H and O–H groups in total. The van der Waals surface area contributed by atoms with Crippen molar-refractivity contribution >= 4 is 0 Å². The molecule has 0 fully saturated rings. The lowest BCUT2D eigenvalue weighted by Gasteiger charge is -2.12. The predicted molar refractivity (Wildman–Crippen MR) is 85.4 cm³/mol. The normalized spacial score (nSPS) is 11.2. The van der Waals surface area contributed by atoms with Crippen LogP contribution < -0.4 is 9.47 Å². The monoisotopic (exact) mass is 346 g/mol. The van der Waals surface area contributed by atoms with Crippen LogP contribution in [0.1, 0.15) is 5.56 Å². The average Bonchev–Trinajstić information content (AvgIpc) is 2.57. The number of halogens is 3. The van der Waals surface area contributed by atoms with Gasteiger partial charge in [0.2, 0.25) is 5.88 Å². The topological polar surface area (TPSA) is 44.2 Å². The highest BCUT2D eigenvalue weighted by molar-refractivity contribution is 5.70. The Balaban J connectivity index is 1.86. The van der Waals surface area contributed by atoms with E-state index in [2.05, 4.69) is 14.7 Å². The lowest BCUT2D eigenvalue weighted by molar-refractivity contribution is -0.274. The quantitative estimate of drug-likeness (QED) is 0.656. The van der Waals surface area contributed by atoms with Crippen LogP contribution in [0.15, 0.2) is 61.1 Å². The van der Waals surface area contributed by atoms with Crippen molar-refractivity contribution in [3.05, 3.63) is 66.6 Å². The minimum Gasteiger partial charge on any atom is -0.438 e. The summed E-state index contributed by atoms with van der Waals surface area (Å²) in [5, 5.41) is 0. The van der Waals surface area contributed by atoms with Gasteiger partial charge >= 0.3 is 6.36 Å². The Morgan fingerprint density at radius 1 is 0.880 bits per heavy atom. The minimum atomic E-state index is -4.73. The molecule has 128 valence electrons. The van der Waals surface area contributed by atoms with E-state index in [9.17, 15) is 13.2 Å². The lowest BCUT2D eigenvalue weighted by atomic mass is 10.0. The van der Waals surface area contributed by atoms with Crippen LogP contribution in [0, 0.1) is 6.92 Å². The first kappa shape index (κ1) is 16.8. The second-order valence-corrected chi connectivity index (χ2v) is 5.17. The van der Waals surface area contributed by atoms with Crippen molar-refractivity contribution in [2.45, 2.75) is 13.3 Å². The molecule has 0 unspecified atom stereocenters. The molecule has 3 aromatic rings. The fourth-order valence-corrected chi connectivity index (χ4v) is 2.24. The molecule has 4 nitrogen and oxygen atoms in total. The van der Waals surface area contributed by atoms with Gasteiger partial charge in [-0.2, -0.15) is 0 Å². The maximum absolute atomic E-state index is 12.2. The van der Waals surface area contributed by atoms with Crippen molar-refractivity contribution < 1.29 is 22.6 Å². The van der Waals surface area contributed by atoms with Crippen LogP contribution in [0.2, 0.25) is 0 Å². The molecule has 0 aliphatic carbocycles. The van der Waals surface area contributed by atoms with Gasteiger partial charge in [0.25, 0.3) is 0 Å². The lowest BCUT2D eigenvalue weighted by Crippen LogP contribution is -2.16. The molecule has 0 spiro atoms. The predicted octanol–water partition coefficient (Wildman–Crippen LogP) is 5.14. The van der Waals surface area contributed by atoms with Gasteiger partial charge in [-0.1, -0.05) is 0 Å². The van der Waals surface area contributed by atoms with E-state index in [0.717, 1.165) is 16.7 Å². The summed E-state index contributed by atoms with van der Waals surface area (Å²) in [5.41, 5.74) is 2.60. The number of hydrogen-bond acceptors (Lipinski definition) is 4. The van der Waals surface area contributed by atoms with Crippen LogP contribution in [0.5, 0.6) is 17.4 Å². The fraction of sp³-hybridized carbons (Fsp3) is 0.111. The molecule has 1 aromatic carbocycles. The van der Waals surface area contributed by atoms with Crippen LogP contribution in [-0.2, 0) is 0 Å². The summed E-state index contributed by atoms with van der Waals surface area (Å²) >= 11 is 0. The summed E-state index contributed by atoms with van der Waals surface area (Å²) in [5.74, 6) is 0.364. The number of nitrogens with zero attached hydrogens (tertiary/aromatic N) is 2. The van der Waals surface area contributed by atoms with Crippen molar-refractivity contribution in [1.82, 2.24) is 9.97 Å². The summed E-state index contributed by atoms with van der Waals surface area (Å²) in [6.07, 6.45) is 0.245. The Morgan fingerprint density at radius 3 is 2.28 bits per heavy atom. The summed E-state index contributed by atoms with van der Waals surface area (Å²) < 4.78 is 46.2. The Labute approximate surface area is 141 Å². The number of hydrogen-bond donors (Lipinski definition) is 0. The number of ether oxygens (including phenoxy) is 2. The first-order chi connectivity index (χ1) is 11.9. The maximum atomic E-state index is 12.2. The molecule has 0 radical (unpaired) electrons. The molecule has 0 saturated carbocycles. The molecule has 7 heteroatoms. The highest BCUT2D eigenvalue weighted by Gasteiger charge is 2.31. The van der Waals surface area contributed by atoms with Gasteiger partial charge in [0.15, 0.2) is 0 Å². The molecule has 25 heavy (non-hydrogen) atoms. The summed E-state index contributed by atoms with van der Waals surface area (Å²) in [6, 6.07) is 10.6. The third kappa shape index (κ3) is 4.26. The first-order valence-corrected chi connectivity index (χ1v) is 7.32.